The number of aliphatic imine (C=N–C) groups is 1. The first-order valence-electron chi connectivity index (χ1n) is 10.1. The molecule has 0 amide bonds. The Balaban J connectivity index is 0.00000392. The van der Waals surface area contributed by atoms with Crippen molar-refractivity contribution in [1.29, 1.82) is 0 Å². The summed E-state index contributed by atoms with van der Waals surface area (Å²) in [4.78, 5) is 10.7. The zero-order valence-corrected chi connectivity index (χ0v) is 20.8. The number of hydrogen-bond donors (Lipinski definition) is 2. The maximum absolute atomic E-state index is 5.10. The van der Waals surface area contributed by atoms with Crippen LogP contribution in [0.1, 0.15) is 24.1 Å². The van der Waals surface area contributed by atoms with Gasteiger partial charge in [-0.3, -0.25) is 9.89 Å². The van der Waals surface area contributed by atoms with Crippen molar-refractivity contribution in [2.45, 2.75) is 25.8 Å². The van der Waals surface area contributed by atoms with Crippen LogP contribution in [0.15, 0.2) is 22.5 Å². The summed E-state index contributed by atoms with van der Waals surface area (Å²) in [6.07, 6.45) is 3.66. The predicted octanol–water partition coefficient (Wildman–Crippen LogP) is 2.71. The van der Waals surface area contributed by atoms with Crippen LogP contribution in [0.2, 0.25) is 0 Å². The van der Waals surface area contributed by atoms with Crippen LogP contribution in [-0.2, 0) is 11.3 Å². The lowest BCUT2D eigenvalue weighted by molar-refractivity contribution is 0.169. The number of piperidine rings is 1. The van der Waals surface area contributed by atoms with Crippen molar-refractivity contribution in [3.05, 3.63) is 22.4 Å². The Bertz CT molecular complexity index is 529. The third-order valence-corrected chi connectivity index (χ3v) is 5.88. The normalized spacial score (nSPS) is 18.1. The fraction of sp³-hybridized carbons (Fsp3) is 0.750. The number of rotatable bonds is 11. The molecule has 0 spiro atoms. The highest BCUT2D eigenvalue weighted by Crippen LogP contribution is 2.19. The largest absolute Gasteiger partial charge is 0.385 e. The van der Waals surface area contributed by atoms with Crippen molar-refractivity contribution in [3.63, 3.8) is 0 Å². The van der Waals surface area contributed by atoms with Gasteiger partial charge in [-0.1, -0.05) is 6.07 Å². The summed E-state index contributed by atoms with van der Waals surface area (Å²) in [5.41, 5.74) is 0. The van der Waals surface area contributed by atoms with E-state index in [1.165, 1.54) is 30.8 Å². The number of nitrogens with zero attached hydrogens (tertiary/aromatic N) is 3. The zero-order chi connectivity index (χ0) is 19.3. The highest BCUT2D eigenvalue weighted by Gasteiger charge is 2.20. The average Bonchev–Trinajstić information content (AvgIpc) is 3.18. The Morgan fingerprint density at radius 3 is 2.96 bits per heavy atom. The number of ether oxygens (including phenoxy) is 1. The fourth-order valence-electron chi connectivity index (χ4n) is 3.50. The molecule has 1 atom stereocenters. The van der Waals surface area contributed by atoms with E-state index in [4.69, 9.17) is 4.74 Å². The van der Waals surface area contributed by atoms with Gasteiger partial charge < -0.3 is 20.3 Å². The van der Waals surface area contributed by atoms with Crippen LogP contribution >= 0.6 is 35.3 Å². The molecule has 1 saturated heterocycles. The van der Waals surface area contributed by atoms with E-state index in [1.54, 1.807) is 7.11 Å². The first-order chi connectivity index (χ1) is 13.2. The quantitative estimate of drug-likeness (QED) is 0.202. The molecule has 162 valence electrons. The van der Waals surface area contributed by atoms with E-state index in [1.807, 2.05) is 18.4 Å². The summed E-state index contributed by atoms with van der Waals surface area (Å²) < 4.78 is 5.10. The van der Waals surface area contributed by atoms with Gasteiger partial charge in [0.05, 0.1) is 0 Å². The molecular formula is C20H38IN5OS. The highest BCUT2D eigenvalue weighted by atomic mass is 127. The molecular weight excluding hydrogens is 485 g/mol. The van der Waals surface area contributed by atoms with Crippen molar-refractivity contribution in [2.75, 3.05) is 67.1 Å². The van der Waals surface area contributed by atoms with Gasteiger partial charge in [0.1, 0.15) is 0 Å². The average molecular weight is 524 g/mol. The van der Waals surface area contributed by atoms with Crippen molar-refractivity contribution in [3.8, 4) is 0 Å². The second-order valence-corrected chi connectivity index (χ2v) is 8.38. The van der Waals surface area contributed by atoms with E-state index in [-0.39, 0.29) is 24.0 Å². The number of likely N-dealkylation sites (N-methyl/N-ethyl adjacent to an activating group) is 1. The van der Waals surface area contributed by atoms with Gasteiger partial charge in [-0.05, 0) is 50.2 Å². The summed E-state index contributed by atoms with van der Waals surface area (Å²) in [6.45, 7) is 8.26. The van der Waals surface area contributed by atoms with Crippen LogP contribution in [0.4, 0.5) is 0 Å². The van der Waals surface area contributed by atoms with Gasteiger partial charge in [0.2, 0.25) is 0 Å². The third kappa shape index (κ3) is 10.4. The molecule has 6 nitrogen and oxygen atoms in total. The van der Waals surface area contributed by atoms with E-state index in [0.717, 1.165) is 51.7 Å². The number of likely N-dealkylation sites (tertiary alicyclic amines) is 1. The van der Waals surface area contributed by atoms with E-state index in [0.29, 0.717) is 5.92 Å². The molecule has 1 fully saturated rings. The molecule has 1 aliphatic rings. The Labute approximate surface area is 192 Å². The molecule has 0 bridgehead atoms. The molecule has 1 aromatic heterocycles. The second kappa shape index (κ2) is 15.4. The van der Waals surface area contributed by atoms with Gasteiger partial charge in [0.15, 0.2) is 5.96 Å². The van der Waals surface area contributed by atoms with Gasteiger partial charge in [0, 0.05) is 64.9 Å². The Morgan fingerprint density at radius 1 is 1.39 bits per heavy atom. The number of halogens is 1. The molecule has 2 heterocycles. The Kier molecular flexibility index (Phi) is 14.1. The molecule has 2 N–H and O–H groups in total. The van der Waals surface area contributed by atoms with Crippen LogP contribution in [0, 0.1) is 5.92 Å². The molecule has 28 heavy (non-hydrogen) atoms. The number of methoxy groups -OCH3 is 1. The molecule has 8 heteroatoms. The maximum atomic E-state index is 5.10. The van der Waals surface area contributed by atoms with Gasteiger partial charge in [-0.2, -0.15) is 0 Å². The molecule has 0 aromatic carbocycles. The molecule has 0 radical (unpaired) electrons. The first kappa shape index (κ1) is 25.6. The van der Waals surface area contributed by atoms with Crippen molar-refractivity contribution >= 4 is 41.3 Å². The first-order valence-corrected chi connectivity index (χ1v) is 11.0. The number of guanidine groups is 1. The third-order valence-electron chi connectivity index (χ3n) is 5.02. The van der Waals surface area contributed by atoms with Crippen LogP contribution < -0.4 is 10.6 Å². The lowest BCUT2D eigenvalue weighted by Gasteiger charge is -2.32. The minimum Gasteiger partial charge on any atom is -0.385 e. The number of thiophene rings is 1. The van der Waals surface area contributed by atoms with E-state index < -0.39 is 0 Å². The van der Waals surface area contributed by atoms with Crippen LogP contribution in [0.25, 0.3) is 0 Å². The highest BCUT2D eigenvalue weighted by molar-refractivity contribution is 14.0. The number of hydrogen-bond acceptors (Lipinski definition) is 5. The molecule has 0 aliphatic carbocycles. The SMILES string of the molecule is CN=C(NCCN(C)CCCOC)NCC1CCCN(Cc2cccs2)C1.I. The Morgan fingerprint density at radius 2 is 2.25 bits per heavy atom. The summed E-state index contributed by atoms with van der Waals surface area (Å²) in [6, 6.07) is 4.39. The van der Waals surface area contributed by atoms with Crippen LogP contribution in [-0.4, -0.2) is 82.8 Å². The maximum Gasteiger partial charge on any atom is 0.191 e. The number of nitrogens with one attached hydrogen (secondary N) is 2. The van der Waals surface area contributed by atoms with Crippen LogP contribution in [0.3, 0.4) is 0 Å². The lowest BCUT2D eigenvalue weighted by atomic mass is 9.98. The molecule has 1 aliphatic heterocycles. The monoisotopic (exact) mass is 523 g/mol. The van der Waals surface area contributed by atoms with Gasteiger partial charge in [-0.15, -0.1) is 35.3 Å². The minimum absolute atomic E-state index is 0. The van der Waals surface area contributed by atoms with Crippen LogP contribution in [0.5, 0.6) is 0 Å². The molecule has 0 saturated carbocycles. The van der Waals surface area contributed by atoms with E-state index >= 15 is 0 Å². The van der Waals surface area contributed by atoms with Gasteiger partial charge in [0.25, 0.3) is 0 Å². The van der Waals surface area contributed by atoms with Crippen molar-refractivity contribution in [2.24, 2.45) is 10.9 Å². The second-order valence-electron chi connectivity index (χ2n) is 7.35. The standard InChI is InChI=1S/C20H37N5OS.HI/c1-21-20(22-9-12-24(2)10-6-13-26-3)23-15-18-7-4-11-25(16-18)17-19-8-5-14-27-19;/h5,8,14,18H,4,6-7,9-13,15-17H2,1-3H3,(H2,21,22,23);1H. The summed E-state index contributed by atoms with van der Waals surface area (Å²) in [5, 5.41) is 9.12. The predicted molar refractivity (Wildman–Crippen MR) is 131 cm³/mol. The summed E-state index contributed by atoms with van der Waals surface area (Å²) in [5.74, 6) is 1.60. The lowest BCUT2D eigenvalue weighted by Crippen LogP contribution is -2.45. The van der Waals surface area contributed by atoms with Crippen molar-refractivity contribution in [1.82, 2.24) is 20.4 Å². The molecule has 1 unspecified atom stereocenters. The summed E-state index contributed by atoms with van der Waals surface area (Å²) >= 11 is 1.86. The fourth-order valence-corrected chi connectivity index (χ4v) is 4.25. The zero-order valence-electron chi connectivity index (χ0n) is 17.7. The van der Waals surface area contributed by atoms with Gasteiger partial charge in [-0.25, -0.2) is 0 Å². The molecule has 2 rings (SSSR count). The van der Waals surface area contributed by atoms with Crippen molar-refractivity contribution < 1.29 is 4.74 Å². The summed E-state index contributed by atoms with van der Waals surface area (Å²) in [7, 11) is 5.75. The minimum atomic E-state index is 0. The topological polar surface area (TPSA) is 52.1 Å². The van der Waals surface area contributed by atoms with E-state index in [2.05, 4.69) is 50.0 Å². The molecule has 1 aromatic rings. The van der Waals surface area contributed by atoms with Gasteiger partial charge >= 0.3 is 0 Å². The Hall–Kier alpha value is -0.420. The van der Waals surface area contributed by atoms with E-state index in [9.17, 15) is 0 Å². The smallest absolute Gasteiger partial charge is 0.191 e.